The molecule has 2 aromatic rings. The Kier molecular flexibility index (Phi) is 3.02. The Bertz CT molecular complexity index is 519. The van der Waals surface area contributed by atoms with Crippen molar-refractivity contribution >= 4 is 27.3 Å². The Morgan fingerprint density at radius 3 is 3.07 bits per heavy atom. The van der Waals surface area contributed by atoms with Crippen molar-refractivity contribution in [1.82, 2.24) is 9.55 Å². The minimum Gasteiger partial charge on any atom is -0.294 e. The van der Waals surface area contributed by atoms with Gasteiger partial charge in [0, 0.05) is 0 Å². The van der Waals surface area contributed by atoms with Crippen LogP contribution in [0.25, 0.3) is 0 Å². The summed E-state index contributed by atoms with van der Waals surface area (Å²) in [5.41, 5.74) is 1.81. The van der Waals surface area contributed by atoms with Crippen LogP contribution in [-0.2, 0) is 6.54 Å². The van der Waals surface area contributed by atoms with Crippen molar-refractivity contribution < 1.29 is 0 Å². The predicted octanol–water partition coefficient (Wildman–Crippen LogP) is 2.42. The lowest BCUT2D eigenvalue weighted by Gasteiger charge is -2.05. The molecule has 0 atom stereocenters. The molecule has 0 unspecified atom stereocenters. The Labute approximate surface area is 99.5 Å². The third-order valence-corrected chi connectivity index (χ3v) is 3.74. The van der Waals surface area contributed by atoms with Gasteiger partial charge < -0.3 is 0 Å². The molecule has 0 aliphatic rings. The van der Waals surface area contributed by atoms with Crippen LogP contribution in [0.4, 0.5) is 0 Å². The lowest BCUT2D eigenvalue weighted by Crippen LogP contribution is -2.22. The second kappa shape index (κ2) is 4.28. The fourth-order valence-electron chi connectivity index (χ4n) is 1.24. The molecule has 0 saturated heterocycles. The first-order valence-corrected chi connectivity index (χ1v) is 6.14. The monoisotopic (exact) mass is 284 g/mol. The second-order valence-electron chi connectivity index (χ2n) is 3.21. The number of aromatic nitrogens is 2. The van der Waals surface area contributed by atoms with E-state index in [1.165, 1.54) is 0 Å². The Balaban J connectivity index is 2.38. The minimum absolute atomic E-state index is 0.0336. The van der Waals surface area contributed by atoms with E-state index in [1.807, 2.05) is 16.8 Å². The minimum atomic E-state index is -0.0336. The highest BCUT2D eigenvalue weighted by molar-refractivity contribution is 9.10. The van der Waals surface area contributed by atoms with Crippen LogP contribution in [0.2, 0.25) is 0 Å². The van der Waals surface area contributed by atoms with Crippen LogP contribution in [0.15, 0.2) is 32.4 Å². The standard InChI is InChI=1S/C10H9BrN2OS/c1-7-9(11)10(14)13(6-12-7)4-8-2-3-15-5-8/h2-3,5-6H,4H2,1H3. The molecule has 15 heavy (non-hydrogen) atoms. The molecule has 5 heteroatoms. The van der Waals surface area contributed by atoms with Crippen LogP contribution < -0.4 is 5.56 Å². The smallest absolute Gasteiger partial charge is 0.268 e. The Morgan fingerprint density at radius 1 is 1.60 bits per heavy atom. The van der Waals surface area contributed by atoms with E-state index < -0.39 is 0 Å². The highest BCUT2D eigenvalue weighted by Gasteiger charge is 2.05. The van der Waals surface area contributed by atoms with Crippen molar-refractivity contribution in [3.05, 3.63) is 49.2 Å². The largest absolute Gasteiger partial charge is 0.294 e. The van der Waals surface area contributed by atoms with Gasteiger partial charge in [-0.15, -0.1) is 0 Å². The maximum absolute atomic E-state index is 11.8. The van der Waals surface area contributed by atoms with Crippen LogP contribution >= 0.6 is 27.3 Å². The molecule has 0 radical (unpaired) electrons. The molecule has 78 valence electrons. The number of nitrogens with zero attached hydrogens (tertiary/aromatic N) is 2. The normalized spacial score (nSPS) is 10.5. The summed E-state index contributed by atoms with van der Waals surface area (Å²) in [7, 11) is 0. The van der Waals surface area contributed by atoms with Crippen molar-refractivity contribution in [3.63, 3.8) is 0 Å². The number of aryl methyl sites for hydroxylation is 1. The maximum Gasteiger partial charge on any atom is 0.268 e. The molecule has 0 fully saturated rings. The van der Waals surface area contributed by atoms with Gasteiger partial charge in [0.25, 0.3) is 5.56 Å². The highest BCUT2D eigenvalue weighted by Crippen LogP contribution is 2.09. The summed E-state index contributed by atoms with van der Waals surface area (Å²) in [4.78, 5) is 15.9. The molecular formula is C10H9BrN2OS. The molecule has 0 N–H and O–H groups in total. The topological polar surface area (TPSA) is 34.9 Å². The van der Waals surface area contributed by atoms with E-state index in [-0.39, 0.29) is 5.56 Å². The number of hydrogen-bond donors (Lipinski definition) is 0. The van der Waals surface area contributed by atoms with Crippen molar-refractivity contribution in [3.8, 4) is 0 Å². The van der Waals surface area contributed by atoms with Gasteiger partial charge in [0.15, 0.2) is 0 Å². The second-order valence-corrected chi connectivity index (χ2v) is 4.78. The average Bonchev–Trinajstić information content (AvgIpc) is 2.72. The zero-order valence-electron chi connectivity index (χ0n) is 8.11. The summed E-state index contributed by atoms with van der Waals surface area (Å²) in [5, 5.41) is 4.03. The summed E-state index contributed by atoms with van der Waals surface area (Å²) in [6, 6.07) is 2.00. The van der Waals surface area contributed by atoms with Gasteiger partial charge in [-0.05, 0) is 45.2 Å². The van der Waals surface area contributed by atoms with E-state index in [0.717, 1.165) is 11.3 Å². The quantitative estimate of drug-likeness (QED) is 0.849. The first kappa shape index (κ1) is 10.6. The van der Waals surface area contributed by atoms with E-state index in [0.29, 0.717) is 11.0 Å². The first-order chi connectivity index (χ1) is 7.18. The summed E-state index contributed by atoms with van der Waals surface area (Å²) in [6.07, 6.45) is 1.58. The van der Waals surface area contributed by atoms with E-state index in [4.69, 9.17) is 0 Å². The van der Waals surface area contributed by atoms with E-state index in [9.17, 15) is 4.79 Å². The van der Waals surface area contributed by atoms with Crippen molar-refractivity contribution in [2.45, 2.75) is 13.5 Å². The van der Waals surface area contributed by atoms with E-state index in [2.05, 4.69) is 20.9 Å². The molecule has 3 nitrogen and oxygen atoms in total. The highest BCUT2D eigenvalue weighted by atomic mass is 79.9. The summed E-state index contributed by atoms with van der Waals surface area (Å²) >= 11 is 4.87. The van der Waals surface area contributed by atoms with Gasteiger partial charge in [-0.25, -0.2) is 4.98 Å². The molecule has 2 rings (SSSR count). The number of thiophene rings is 1. The van der Waals surface area contributed by atoms with Crippen LogP contribution in [-0.4, -0.2) is 9.55 Å². The molecule has 0 amide bonds. The molecular weight excluding hydrogens is 276 g/mol. The van der Waals surface area contributed by atoms with Gasteiger partial charge in [0.2, 0.25) is 0 Å². The van der Waals surface area contributed by atoms with Gasteiger partial charge in [-0.2, -0.15) is 11.3 Å². The molecule has 0 aromatic carbocycles. The van der Waals surface area contributed by atoms with Gasteiger partial charge in [0.05, 0.1) is 18.6 Å². The molecule has 0 aliphatic carbocycles. The lowest BCUT2D eigenvalue weighted by atomic mass is 10.3. The third-order valence-electron chi connectivity index (χ3n) is 2.09. The molecule has 2 aromatic heterocycles. The first-order valence-electron chi connectivity index (χ1n) is 4.41. The molecule has 0 aliphatic heterocycles. The maximum atomic E-state index is 11.8. The van der Waals surface area contributed by atoms with Crippen molar-refractivity contribution in [2.75, 3.05) is 0 Å². The van der Waals surface area contributed by atoms with E-state index in [1.54, 1.807) is 29.2 Å². The fourth-order valence-corrected chi connectivity index (χ4v) is 2.23. The fraction of sp³-hybridized carbons (Fsp3) is 0.200. The number of hydrogen-bond acceptors (Lipinski definition) is 3. The van der Waals surface area contributed by atoms with Gasteiger partial charge >= 0.3 is 0 Å². The van der Waals surface area contributed by atoms with E-state index >= 15 is 0 Å². The summed E-state index contributed by atoms with van der Waals surface area (Å²) in [6.45, 7) is 2.38. The van der Waals surface area contributed by atoms with Crippen LogP contribution in [0.1, 0.15) is 11.3 Å². The number of rotatable bonds is 2. The third kappa shape index (κ3) is 2.18. The molecule has 0 spiro atoms. The van der Waals surface area contributed by atoms with Crippen molar-refractivity contribution in [2.24, 2.45) is 0 Å². The van der Waals surface area contributed by atoms with Crippen LogP contribution in [0, 0.1) is 6.92 Å². The predicted molar refractivity (Wildman–Crippen MR) is 64.4 cm³/mol. The number of halogens is 1. The summed E-state index contributed by atoms with van der Waals surface area (Å²) in [5.74, 6) is 0. The molecule has 0 bridgehead atoms. The Morgan fingerprint density at radius 2 is 2.40 bits per heavy atom. The van der Waals surface area contributed by atoms with Gasteiger partial charge in [-0.3, -0.25) is 9.36 Å². The summed E-state index contributed by atoms with van der Waals surface area (Å²) < 4.78 is 2.14. The average molecular weight is 285 g/mol. The van der Waals surface area contributed by atoms with Gasteiger partial charge in [0.1, 0.15) is 4.47 Å². The van der Waals surface area contributed by atoms with Gasteiger partial charge in [-0.1, -0.05) is 0 Å². The SMILES string of the molecule is Cc1ncn(Cc2ccsc2)c(=O)c1Br. The Hall–Kier alpha value is -0.940. The van der Waals surface area contributed by atoms with Crippen molar-refractivity contribution in [1.29, 1.82) is 0 Å². The zero-order valence-corrected chi connectivity index (χ0v) is 10.5. The lowest BCUT2D eigenvalue weighted by molar-refractivity contribution is 0.726. The molecule has 0 saturated carbocycles. The molecule has 2 heterocycles. The van der Waals surface area contributed by atoms with Crippen LogP contribution in [0.3, 0.4) is 0 Å². The zero-order chi connectivity index (χ0) is 10.8. The van der Waals surface area contributed by atoms with Crippen LogP contribution in [0.5, 0.6) is 0 Å².